The summed E-state index contributed by atoms with van der Waals surface area (Å²) in [6.07, 6.45) is 0. The van der Waals surface area contributed by atoms with Crippen molar-refractivity contribution in [3.63, 3.8) is 0 Å². The van der Waals surface area contributed by atoms with Crippen LogP contribution in [-0.2, 0) is 9.59 Å². The van der Waals surface area contributed by atoms with Crippen LogP contribution in [0.5, 0.6) is 0 Å². The zero-order valence-corrected chi connectivity index (χ0v) is 15.6. The minimum atomic E-state index is -1.01. The second kappa shape index (κ2) is 8.16. The first-order valence-electron chi connectivity index (χ1n) is 6.73. The molecule has 0 saturated heterocycles. The number of nitrogens with zero attached hydrogens (tertiary/aromatic N) is 1. The first kappa shape index (κ1) is 18.3. The Balaban J connectivity index is 1.99. The quantitative estimate of drug-likeness (QED) is 0.418. The van der Waals surface area contributed by atoms with Crippen molar-refractivity contribution in [3.8, 4) is 0 Å². The van der Waals surface area contributed by atoms with Crippen molar-refractivity contribution in [2.75, 3.05) is 5.32 Å². The van der Waals surface area contributed by atoms with Crippen molar-refractivity contribution < 1.29 is 14.0 Å². The number of nitrogens with one attached hydrogen (secondary N) is 2. The molecular weight excluding hydrogens is 445 g/mol. The van der Waals surface area contributed by atoms with Crippen LogP contribution in [0, 0.1) is 5.82 Å². The number of carbonyl (C=O) groups excluding carboxylic acids is 2. The molecule has 0 radical (unpaired) electrons. The van der Waals surface area contributed by atoms with Gasteiger partial charge in [-0.3, -0.25) is 9.59 Å². The van der Waals surface area contributed by atoms with E-state index in [1.165, 1.54) is 12.1 Å². The molecule has 0 aromatic heterocycles. The largest absolute Gasteiger partial charge is 0.329 e. The highest BCUT2D eigenvalue weighted by molar-refractivity contribution is 9.10. The summed E-state index contributed by atoms with van der Waals surface area (Å²) in [7, 11) is 0. The van der Waals surface area contributed by atoms with Crippen LogP contribution in [0.25, 0.3) is 0 Å². The lowest BCUT2D eigenvalue weighted by atomic mass is 10.1. The molecule has 24 heavy (non-hydrogen) atoms. The number of anilines is 1. The maximum Gasteiger partial charge on any atom is 0.329 e. The first-order chi connectivity index (χ1) is 11.4. The fourth-order valence-corrected chi connectivity index (χ4v) is 2.31. The third kappa shape index (κ3) is 4.97. The molecule has 2 rings (SSSR count). The monoisotopic (exact) mass is 455 g/mol. The van der Waals surface area contributed by atoms with E-state index in [0.29, 0.717) is 10.2 Å². The summed E-state index contributed by atoms with van der Waals surface area (Å²) in [4.78, 5) is 23.5. The highest BCUT2D eigenvalue weighted by Gasteiger charge is 2.15. The van der Waals surface area contributed by atoms with Gasteiger partial charge in [-0.05, 0) is 42.8 Å². The molecule has 8 heteroatoms. The number of benzene rings is 2. The Bertz CT molecular complexity index is 807. The molecule has 2 aromatic carbocycles. The molecule has 124 valence electrons. The number of halogens is 3. The van der Waals surface area contributed by atoms with E-state index < -0.39 is 17.6 Å². The summed E-state index contributed by atoms with van der Waals surface area (Å²) in [6, 6.07) is 11.4. The molecule has 0 saturated carbocycles. The predicted octanol–water partition coefficient (Wildman–Crippen LogP) is 3.83. The van der Waals surface area contributed by atoms with E-state index in [2.05, 4.69) is 47.7 Å². The lowest BCUT2D eigenvalue weighted by Crippen LogP contribution is -2.33. The van der Waals surface area contributed by atoms with E-state index >= 15 is 0 Å². The van der Waals surface area contributed by atoms with Gasteiger partial charge in [0, 0.05) is 8.95 Å². The zero-order chi connectivity index (χ0) is 17.7. The van der Waals surface area contributed by atoms with Crippen LogP contribution >= 0.6 is 31.9 Å². The molecule has 0 spiro atoms. The number of rotatable bonds is 3. The molecule has 2 amide bonds. The van der Waals surface area contributed by atoms with Crippen LogP contribution in [0.15, 0.2) is 56.5 Å². The lowest BCUT2D eigenvalue weighted by molar-refractivity contribution is -0.136. The van der Waals surface area contributed by atoms with Gasteiger partial charge in [-0.15, -0.1) is 0 Å². The standard InChI is InChI=1S/C16H12Br2FN3O2/c1-9(10-2-4-11(17)5-3-10)21-22-16(24)15(23)20-14-7-6-12(18)8-13(14)19/h2-8H,1H3,(H,20,23)(H,22,24)/b21-9+. The zero-order valence-electron chi connectivity index (χ0n) is 12.4. The summed E-state index contributed by atoms with van der Waals surface area (Å²) < 4.78 is 15.1. The van der Waals surface area contributed by atoms with Crippen LogP contribution in [0.3, 0.4) is 0 Å². The smallest absolute Gasteiger partial charge is 0.315 e. The molecule has 5 nitrogen and oxygen atoms in total. The second-order valence-electron chi connectivity index (χ2n) is 4.72. The van der Waals surface area contributed by atoms with Crippen molar-refractivity contribution in [2.45, 2.75) is 6.92 Å². The molecule has 2 N–H and O–H groups in total. The van der Waals surface area contributed by atoms with Crippen LogP contribution in [-0.4, -0.2) is 17.5 Å². The van der Waals surface area contributed by atoms with Crippen LogP contribution < -0.4 is 10.7 Å². The Morgan fingerprint density at radius 2 is 1.62 bits per heavy atom. The van der Waals surface area contributed by atoms with Gasteiger partial charge in [0.15, 0.2) is 0 Å². The Morgan fingerprint density at radius 3 is 2.25 bits per heavy atom. The van der Waals surface area contributed by atoms with Gasteiger partial charge in [0.25, 0.3) is 0 Å². The summed E-state index contributed by atoms with van der Waals surface area (Å²) in [6.45, 7) is 1.69. The van der Waals surface area contributed by atoms with E-state index in [1.54, 1.807) is 13.0 Å². The molecule has 0 unspecified atom stereocenters. The van der Waals surface area contributed by atoms with E-state index in [-0.39, 0.29) is 5.69 Å². The molecule has 0 aliphatic heterocycles. The lowest BCUT2D eigenvalue weighted by Gasteiger charge is -2.06. The van der Waals surface area contributed by atoms with Gasteiger partial charge < -0.3 is 5.32 Å². The number of hydrogen-bond acceptors (Lipinski definition) is 3. The van der Waals surface area contributed by atoms with E-state index in [0.717, 1.165) is 10.0 Å². The van der Waals surface area contributed by atoms with E-state index in [9.17, 15) is 14.0 Å². The number of carbonyl (C=O) groups is 2. The van der Waals surface area contributed by atoms with E-state index in [1.807, 2.05) is 24.3 Å². The molecule has 0 aliphatic rings. The van der Waals surface area contributed by atoms with Gasteiger partial charge in [-0.25, -0.2) is 9.82 Å². The average Bonchev–Trinajstić information content (AvgIpc) is 2.55. The average molecular weight is 457 g/mol. The van der Waals surface area contributed by atoms with Gasteiger partial charge in [-0.1, -0.05) is 44.0 Å². The van der Waals surface area contributed by atoms with Gasteiger partial charge in [0.2, 0.25) is 0 Å². The first-order valence-corrected chi connectivity index (χ1v) is 8.32. The molecular formula is C16H12Br2FN3O2. The maximum atomic E-state index is 13.6. The molecule has 0 atom stereocenters. The van der Waals surface area contributed by atoms with Gasteiger partial charge in [0.05, 0.1) is 11.4 Å². The Kier molecular flexibility index (Phi) is 6.22. The van der Waals surface area contributed by atoms with E-state index in [4.69, 9.17) is 0 Å². The normalized spacial score (nSPS) is 11.1. The van der Waals surface area contributed by atoms with Crippen LogP contribution in [0.1, 0.15) is 12.5 Å². The number of hydrazone groups is 1. The van der Waals surface area contributed by atoms with Crippen molar-refractivity contribution in [1.29, 1.82) is 0 Å². The summed E-state index contributed by atoms with van der Waals surface area (Å²) in [5.41, 5.74) is 3.37. The third-order valence-electron chi connectivity index (χ3n) is 2.97. The fourth-order valence-electron chi connectivity index (χ4n) is 1.71. The molecule has 0 aliphatic carbocycles. The Hall–Kier alpha value is -2.06. The summed E-state index contributed by atoms with van der Waals surface area (Å²) >= 11 is 6.43. The molecule has 0 fully saturated rings. The van der Waals surface area contributed by atoms with Crippen molar-refractivity contribution in [2.24, 2.45) is 5.10 Å². The van der Waals surface area contributed by atoms with Gasteiger partial charge in [-0.2, -0.15) is 5.10 Å². The van der Waals surface area contributed by atoms with Gasteiger partial charge >= 0.3 is 11.8 Å². The molecule has 0 heterocycles. The number of amides is 2. The Morgan fingerprint density at radius 1 is 1.00 bits per heavy atom. The minimum Gasteiger partial charge on any atom is -0.315 e. The van der Waals surface area contributed by atoms with Crippen molar-refractivity contribution >= 4 is 55.1 Å². The second-order valence-corrected chi connectivity index (χ2v) is 6.55. The van der Waals surface area contributed by atoms with Crippen LogP contribution in [0.4, 0.5) is 10.1 Å². The van der Waals surface area contributed by atoms with Crippen molar-refractivity contribution in [1.82, 2.24) is 5.43 Å². The maximum absolute atomic E-state index is 13.6. The highest BCUT2D eigenvalue weighted by Crippen LogP contribution is 2.19. The number of hydrogen-bond donors (Lipinski definition) is 2. The topological polar surface area (TPSA) is 70.6 Å². The SMILES string of the molecule is C/C(=N\NC(=O)C(=O)Nc1ccc(Br)cc1F)c1ccc(Br)cc1. The Labute approximate surface area is 154 Å². The van der Waals surface area contributed by atoms with Crippen molar-refractivity contribution in [3.05, 3.63) is 62.8 Å². The summed E-state index contributed by atoms with van der Waals surface area (Å²) in [5.74, 6) is -2.66. The molecule has 2 aromatic rings. The summed E-state index contributed by atoms with van der Waals surface area (Å²) in [5, 5.41) is 6.05. The highest BCUT2D eigenvalue weighted by atomic mass is 79.9. The minimum absolute atomic E-state index is 0.0908. The third-order valence-corrected chi connectivity index (χ3v) is 3.99. The van der Waals surface area contributed by atoms with Gasteiger partial charge in [0.1, 0.15) is 5.82 Å². The fraction of sp³-hybridized carbons (Fsp3) is 0.0625. The predicted molar refractivity (Wildman–Crippen MR) is 97.2 cm³/mol. The van der Waals surface area contributed by atoms with Crippen LogP contribution in [0.2, 0.25) is 0 Å². The molecule has 0 bridgehead atoms.